The van der Waals surface area contributed by atoms with Crippen LogP contribution >= 0.6 is 15.9 Å². The van der Waals surface area contributed by atoms with Crippen LogP contribution in [-0.2, 0) is 0 Å². The van der Waals surface area contributed by atoms with Gasteiger partial charge in [-0.05, 0) is 39.7 Å². The second kappa shape index (κ2) is 5.23. The van der Waals surface area contributed by atoms with Crippen molar-refractivity contribution in [1.82, 2.24) is 4.90 Å². The molecule has 72 valence electrons. The molecule has 0 aromatic heterocycles. The molecule has 0 atom stereocenters. The SMILES string of the molecule is CC(C)N(CCCBr)C1CCC1. The minimum absolute atomic E-state index is 0.731. The van der Waals surface area contributed by atoms with Crippen molar-refractivity contribution in [2.75, 3.05) is 11.9 Å². The van der Waals surface area contributed by atoms with Gasteiger partial charge in [-0.25, -0.2) is 0 Å². The summed E-state index contributed by atoms with van der Waals surface area (Å²) in [6, 6.07) is 1.64. The molecule has 1 nitrogen and oxygen atoms in total. The van der Waals surface area contributed by atoms with E-state index in [1.54, 1.807) is 0 Å². The molecule has 0 aromatic carbocycles. The van der Waals surface area contributed by atoms with Crippen LogP contribution in [0.3, 0.4) is 0 Å². The van der Waals surface area contributed by atoms with E-state index >= 15 is 0 Å². The molecule has 0 aliphatic heterocycles. The van der Waals surface area contributed by atoms with E-state index in [2.05, 4.69) is 34.7 Å². The molecule has 0 heterocycles. The molecule has 1 fully saturated rings. The Morgan fingerprint density at radius 1 is 1.42 bits per heavy atom. The van der Waals surface area contributed by atoms with Crippen LogP contribution in [-0.4, -0.2) is 28.9 Å². The topological polar surface area (TPSA) is 3.24 Å². The number of halogens is 1. The highest BCUT2D eigenvalue weighted by atomic mass is 79.9. The molecular weight excluding hydrogens is 214 g/mol. The fraction of sp³-hybridized carbons (Fsp3) is 1.00. The second-order valence-electron chi connectivity index (χ2n) is 3.96. The van der Waals surface area contributed by atoms with Gasteiger partial charge in [0.15, 0.2) is 0 Å². The van der Waals surface area contributed by atoms with Crippen molar-refractivity contribution in [3.05, 3.63) is 0 Å². The summed E-state index contributed by atoms with van der Waals surface area (Å²) in [6.07, 6.45) is 5.60. The Hall–Kier alpha value is 0.440. The van der Waals surface area contributed by atoms with E-state index in [1.807, 2.05) is 0 Å². The van der Waals surface area contributed by atoms with Crippen molar-refractivity contribution in [1.29, 1.82) is 0 Å². The normalized spacial score (nSPS) is 18.8. The van der Waals surface area contributed by atoms with Crippen molar-refractivity contribution in [3.8, 4) is 0 Å². The van der Waals surface area contributed by atoms with Gasteiger partial charge in [0.1, 0.15) is 0 Å². The minimum atomic E-state index is 0.731. The van der Waals surface area contributed by atoms with Crippen molar-refractivity contribution in [2.45, 2.75) is 51.6 Å². The summed E-state index contributed by atoms with van der Waals surface area (Å²) in [5.41, 5.74) is 0. The third-order valence-electron chi connectivity index (χ3n) is 2.76. The average molecular weight is 234 g/mol. The first-order chi connectivity index (χ1) is 5.75. The van der Waals surface area contributed by atoms with Gasteiger partial charge in [-0.15, -0.1) is 0 Å². The van der Waals surface area contributed by atoms with Gasteiger partial charge in [-0.2, -0.15) is 0 Å². The van der Waals surface area contributed by atoms with Crippen molar-refractivity contribution in [3.63, 3.8) is 0 Å². The second-order valence-corrected chi connectivity index (χ2v) is 4.75. The predicted molar refractivity (Wildman–Crippen MR) is 57.9 cm³/mol. The van der Waals surface area contributed by atoms with Crippen LogP contribution in [0.25, 0.3) is 0 Å². The first-order valence-corrected chi connectivity index (χ1v) is 6.19. The summed E-state index contributed by atoms with van der Waals surface area (Å²) in [6.45, 7) is 5.90. The molecule has 0 amide bonds. The fourth-order valence-corrected chi connectivity index (χ4v) is 2.07. The zero-order valence-electron chi connectivity index (χ0n) is 8.22. The number of hydrogen-bond donors (Lipinski definition) is 0. The Bertz CT molecular complexity index is 121. The van der Waals surface area contributed by atoms with Crippen molar-refractivity contribution >= 4 is 15.9 Å². The molecule has 2 heteroatoms. The van der Waals surface area contributed by atoms with E-state index in [1.165, 1.54) is 32.2 Å². The lowest BCUT2D eigenvalue weighted by molar-refractivity contribution is 0.0951. The Balaban J connectivity index is 2.27. The zero-order valence-corrected chi connectivity index (χ0v) is 9.81. The number of rotatable bonds is 5. The van der Waals surface area contributed by atoms with E-state index in [4.69, 9.17) is 0 Å². The molecule has 0 bridgehead atoms. The van der Waals surface area contributed by atoms with E-state index < -0.39 is 0 Å². The number of alkyl halides is 1. The third-order valence-corrected chi connectivity index (χ3v) is 3.32. The Morgan fingerprint density at radius 2 is 2.08 bits per heavy atom. The van der Waals surface area contributed by atoms with E-state index in [-0.39, 0.29) is 0 Å². The smallest absolute Gasteiger partial charge is 0.00979 e. The molecule has 0 aromatic rings. The van der Waals surface area contributed by atoms with E-state index in [9.17, 15) is 0 Å². The van der Waals surface area contributed by atoms with Gasteiger partial charge in [0, 0.05) is 17.4 Å². The molecule has 0 radical (unpaired) electrons. The predicted octanol–water partition coefficient (Wildman–Crippen LogP) is 3.03. The van der Waals surface area contributed by atoms with Crippen LogP contribution in [0.5, 0.6) is 0 Å². The highest BCUT2D eigenvalue weighted by molar-refractivity contribution is 9.09. The highest BCUT2D eigenvalue weighted by Crippen LogP contribution is 2.26. The maximum absolute atomic E-state index is 3.49. The molecule has 12 heavy (non-hydrogen) atoms. The maximum Gasteiger partial charge on any atom is 0.00979 e. The first kappa shape index (κ1) is 10.5. The quantitative estimate of drug-likeness (QED) is 0.661. The summed E-state index contributed by atoms with van der Waals surface area (Å²) in [5, 5.41) is 1.14. The molecular formula is C10H20BrN. The van der Waals surface area contributed by atoms with Crippen LogP contribution in [0.1, 0.15) is 39.5 Å². The van der Waals surface area contributed by atoms with Crippen LogP contribution in [0.4, 0.5) is 0 Å². The molecule has 0 unspecified atom stereocenters. The largest absolute Gasteiger partial charge is 0.298 e. The van der Waals surface area contributed by atoms with Crippen LogP contribution in [0, 0.1) is 0 Å². The Labute approximate surface area is 84.6 Å². The van der Waals surface area contributed by atoms with Gasteiger partial charge in [0.2, 0.25) is 0 Å². The van der Waals surface area contributed by atoms with Crippen LogP contribution < -0.4 is 0 Å². The van der Waals surface area contributed by atoms with Crippen LogP contribution in [0.15, 0.2) is 0 Å². The summed E-state index contributed by atoms with van der Waals surface area (Å²) in [5.74, 6) is 0. The molecule has 1 aliphatic carbocycles. The van der Waals surface area contributed by atoms with Crippen molar-refractivity contribution in [2.24, 2.45) is 0 Å². The summed E-state index contributed by atoms with van der Waals surface area (Å²) < 4.78 is 0. The molecule has 1 aliphatic rings. The van der Waals surface area contributed by atoms with Crippen molar-refractivity contribution < 1.29 is 0 Å². The monoisotopic (exact) mass is 233 g/mol. The van der Waals surface area contributed by atoms with Gasteiger partial charge in [0.25, 0.3) is 0 Å². The molecule has 0 saturated heterocycles. The summed E-state index contributed by atoms with van der Waals surface area (Å²) in [4.78, 5) is 2.66. The first-order valence-electron chi connectivity index (χ1n) is 5.07. The maximum atomic E-state index is 3.49. The standard InChI is InChI=1S/C10H20BrN/c1-9(2)12(8-4-7-11)10-5-3-6-10/h9-10H,3-8H2,1-2H3. The Kier molecular flexibility index (Phi) is 4.59. The highest BCUT2D eigenvalue weighted by Gasteiger charge is 2.25. The third kappa shape index (κ3) is 2.74. The Morgan fingerprint density at radius 3 is 2.42 bits per heavy atom. The summed E-state index contributed by atoms with van der Waals surface area (Å²) in [7, 11) is 0. The minimum Gasteiger partial charge on any atom is -0.298 e. The van der Waals surface area contributed by atoms with Gasteiger partial charge in [-0.1, -0.05) is 22.4 Å². The molecule has 1 saturated carbocycles. The summed E-state index contributed by atoms with van der Waals surface area (Å²) >= 11 is 3.49. The molecule has 0 spiro atoms. The lowest BCUT2D eigenvalue weighted by Gasteiger charge is -2.40. The molecule has 1 rings (SSSR count). The number of nitrogens with zero attached hydrogens (tertiary/aromatic N) is 1. The lowest BCUT2D eigenvalue weighted by Crippen LogP contribution is -2.44. The lowest BCUT2D eigenvalue weighted by atomic mass is 9.90. The zero-order chi connectivity index (χ0) is 8.97. The van der Waals surface area contributed by atoms with Gasteiger partial charge in [-0.3, -0.25) is 4.90 Å². The van der Waals surface area contributed by atoms with Gasteiger partial charge < -0.3 is 0 Å². The van der Waals surface area contributed by atoms with E-state index in [0.717, 1.165) is 17.4 Å². The van der Waals surface area contributed by atoms with Crippen LogP contribution in [0.2, 0.25) is 0 Å². The average Bonchev–Trinajstić information content (AvgIpc) is 1.93. The van der Waals surface area contributed by atoms with E-state index in [0.29, 0.717) is 0 Å². The molecule has 0 N–H and O–H groups in total. The number of hydrogen-bond acceptors (Lipinski definition) is 1. The fourth-order valence-electron chi connectivity index (χ4n) is 1.82. The van der Waals surface area contributed by atoms with Gasteiger partial charge in [0.05, 0.1) is 0 Å². The van der Waals surface area contributed by atoms with Gasteiger partial charge >= 0.3 is 0 Å².